The van der Waals surface area contributed by atoms with Crippen LogP contribution in [0.25, 0.3) is 0 Å². The van der Waals surface area contributed by atoms with Gasteiger partial charge in [-0.2, -0.15) is 0 Å². The average Bonchev–Trinajstić information content (AvgIpc) is 2.18. The molecule has 2 N–H and O–H groups in total. The predicted molar refractivity (Wildman–Crippen MR) is 60.2 cm³/mol. The number of carbonyl (C=O) groups excluding carboxylic acids is 1. The van der Waals surface area contributed by atoms with Gasteiger partial charge in [-0.15, -0.1) is 0 Å². The van der Waals surface area contributed by atoms with Crippen LogP contribution in [0.2, 0.25) is 5.02 Å². The van der Waals surface area contributed by atoms with Gasteiger partial charge in [-0.3, -0.25) is 4.79 Å². The number of hydrogen-bond donors (Lipinski definition) is 2. The van der Waals surface area contributed by atoms with Crippen molar-refractivity contribution in [2.45, 2.75) is 20.0 Å². The maximum Gasteiger partial charge on any atom is 0.251 e. The summed E-state index contributed by atoms with van der Waals surface area (Å²) < 4.78 is 0. The van der Waals surface area contributed by atoms with Crippen molar-refractivity contribution in [2.75, 3.05) is 6.54 Å². The van der Waals surface area contributed by atoms with E-state index in [4.69, 9.17) is 16.7 Å². The van der Waals surface area contributed by atoms with Crippen LogP contribution < -0.4 is 5.32 Å². The molecule has 0 bridgehead atoms. The third kappa shape index (κ3) is 3.22. The molecule has 4 heteroatoms. The zero-order valence-electron chi connectivity index (χ0n) is 8.75. The maximum atomic E-state index is 11.6. The van der Waals surface area contributed by atoms with Crippen molar-refractivity contribution in [1.29, 1.82) is 0 Å². The average molecular weight is 228 g/mol. The first kappa shape index (κ1) is 12.0. The molecule has 0 heterocycles. The Hall–Kier alpha value is -1.06. The van der Waals surface area contributed by atoms with Gasteiger partial charge in [0.05, 0.1) is 6.10 Å². The Morgan fingerprint density at radius 3 is 2.87 bits per heavy atom. The summed E-state index contributed by atoms with van der Waals surface area (Å²) in [6.45, 7) is 3.65. The number of aliphatic hydroxyl groups is 1. The SMILES string of the molecule is Cc1c(Cl)cccc1C(=O)NCC(C)O. The van der Waals surface area contributed by atoms with E-state index in [-0.39, 0.29) is 12.5 Å². The molecule has 0 radical (unpaired) electrons. The summed E-state index contributed by atoms with van der Waals surface area (Å²) in [5.74, 6) is -0.212. The molecule has 1 unspecified atom stereocenters. The molecule has 0 aromatic heterocycles. The number of rotatable bonds is 3. The van der Waals surface area contributed by atoms with Crippen LogP contribution in [0, 0.1) is 6.92 Å². The molecule has 0 spiro atoms. The van der Waals surface area contributed by atoms with Crippen LogP contribution in [0.5, 0.6) is 0 Å². The fraction of sp³-hybridized carbons (Fsp3) is 0.364. The Morgan fingerprint density at radius 2 is 2.27 bits per heavy atom. The van der Waals surface area contributed by atoms with Gasteiger partial charge in [-0.1, -0.05) is 17.7 Å². The maximum absolute atomic E-state index is 11.6. The van der Waals surface area contributed by atoms with Gasteiger partial charge in [0.15, 0.2) is 0 Å². The highest BCUT2D eigenvalue weighted by molar-refractivity contribution is 6.31. The van der Waals surface area contributed by atoms with Crippen LogP contribution in [-0.2, 0) is 0 Å². The fourth-order valence-corrected chi connectivity index (χ4v) is 1.36. The van der Waals surface area contributed by atoms with Crippen LogP contribution >= 0.6 is 11.6 Å². The van der Waals surface area contributed by atoms with Gasteiger partial charge in [0.1, 0.15) is 0 Å². The van der Waals surface area contributed by atoms with Gasteiger partial charge in [0, 0.05) is 17.1 Å². The highest BCUT2D eigenvalue weighted by atomic mass is 35.5. The summed E-state index contributed by atoms with van der Waals surface area (Å²) >= 11 is 5.89. The zero-order chi connectivity index (χ0) is 11.4. The normalized spacial score (nSPS) is 12.3. The van der Waals surface area contributed by atoms with Crippen molar-refractivity contribution in [3.8, 4) is 0 Å². The molecule has 0 saturated carbocycles. The van der Waals surface area contributed by atoms with E-state index in [0.29, 0.717) is 10.6 Å². The fourth-order valence-electron chi connectivity index (χ4n) is 1.19. The lowest BCUT2D eigenvalue weighted by atomic mass is 10.1. The minimum atomic E-state index is -0.548. The summed E-state index contributed by atoms with van der Waals surface area (Å²) in [5, 5.41) is 12.2. The van der Waals surface area contributed by atoms with Crippen molar-refractivity contribution < 1.29 is 9.90 Å². The van der Waals surface area contributed by atoms with Crippen molar-refractivity contribution in [2.24, 2.45) is 0 Å². The van der Waals surface area contributed by atoms with Crippen LogP contribution in [0.1, 0.15) is 22.8 Å². The van der Waals surface area contributed by atoms with E-state index in [1.807, 2.05) is 0 Å². The number of halogens is 1. The van der Waals surface area contributed by atoms with Crippen molar-refractivity contribution in [3.63, 3.8) is 0 Å². The molecular formula is C11H14ClNO2. The second-order valence-electron chi connectivity index (χ2n) is 3.47. The molecule has 0 saturated heterocycles. The van der Waals surface area contributed by atoms with Gasteiger partial charge in [-0.05, 0) is 31.5 Å². The van der Waals surface area contributed by atoms with Crippen LogP contribution in [0.3, 0.4) is 0 Å². The molecule has 0 fully saturated rings. The molecule has 3 nitrogen and oxygen atoms in total. The van der Waals surface area contributed by atoms with Gasteiger partial charge < -0.3 is 10.4 Å². The monoisotopic (exact) mass is 227 g/mol. The van der Waals surface area contributed by atoms with E-state index < -0.39 is 6.10 Å². The molecule has 1 rings (SSSR count). The van der Waals surface area contributed by atoms with E-state index in [1.54, 1.807) is 32.0 Å². The highest BCUT2D eigenvalue weighted by Gasteiger charge is 2.10. The van der Waals surface area contributed by atoms with Gasteiger partial charge in [0.2, 0.25) is 0 Å². The second kappa shape index (κ2) is 5.14. The molecule has 1 amide bonds. The molecular weight excluding hydrogens is 214 g/mol. The van der Waals surface area contributed by atoms with Crippen LogP contribution in [0.4, 0.5) is 0 Å². The molecule has 15 heavy (non-hydrogen) atoms. The quantitative estimate of drug-likeness (QED) is 0.827. The highest BCUT2D eigenvalue weighted by Crippen LogP contribution is 2.18. The van der Waals surface area contributed by atoms with Crippen LogP contribution in [0.15, 0.2) is 18.2 Å². The predicted octanol–water partition coefficient (Wildman–Crippen LogP) is 1.76. The minimum absolute atomic E-state index is 0.212. The van der Waals surface area contributed by atoms with E-state index >= 15 is 0 Å². The van der Waals surface area contributed by atoms with Crippen LogP contribution in [-0.4, -0.2) is 23.7 Å². The molecule has 0 aliphatic heterocycles. The molecule has 1 atom stereocenters. The Balaban J connectivity index is 2.78. The van der Waals surface area contributed by atoms with E-state index in [0.717, 1.165) is 5.56 Å². The summed E-state index contributed by atoms with van der Waals surface area (Å²) in [4.78, 5) is 11.6. The lowest BCUT2D eigenvalue weighted by molar-refractivity contribution is 0.0923. The number of nitrogens with one attached hydrogen (secondary N) is 1. The third-order valence-electron chi connectivity index (χ3n) is 2.07. The van der Waals surface area contributed by atoms with Gasteiger partial charge in [0.25, 0.3) is 5.91 Å². The Kier molecular flexibility index (Phi) is 4.12. The number of amides is 1. The van der Waals surface area contributed by atoms with Crippen molar-refractivity contribution in [3.05, 3.63) is 34.3 Å². The lowest BCUT2D eigenvalue weighted by Crippen LogP contribution is -2.30. The molecule has 0 aliphatic rings. The second-order valence-corrected chi connectivity index (χ2v) is 3.88. The number of carbonyl (C=O) groups is 1. The third-order valence-corrected chi connectivity index (χ3v) is 2.48. The Labute approximate surface area is 94.1 Å². The number of aliphatic hydroxyl groups excluding tert-OH is 1. The van der Waals surface area contributed by atoms with E-state index in [2.05, 4.69) is 5.32 Å². The molecule has 82 valence electrons. The first-order valence-electron chi connectivity index (χ1n) is 4.73. The molecule has 0 aliphatic carbocycles. The molecule has 1 aromatic rings. The Bertz CT molecular complexity index is 364. The summed E-state index contributed by atoms with van der Waals surface area (Å²) in [6.07, 6.45) is -0.548. The van der Waals surface area contributed by atoms with Gasteiger partial charge >= 0.3 is 0 Å². The van der Waals surface area contributed by atoms with E-state index in [9.17, 15) is 4.79 Å². The Morgan fingerprint density at radius 1 is 1.60 bits per heavy atom. The number of hydrogen-bond acceptors (Lipinski definition) is 2. The first-order chi connectivity index (χ1) is 7.02. The minimum Gasteiger partial charge on any atom is -0.392 e. The first-order valence-corrected chi connectivity index (χ1v) is 5.11. The lowest BCUT2D eigenvalue weighted by Gasteiger charge is -2.09. The van der Waals surface area contributed by atoms with Crippen molar-refractivity contribution in [1.82, 2.24) is 5.32 Å². The zero-order valence-corrected chi connectivity index (χ0v) is 9.51. The molecule has 1 aromatic carbocycles. The largest absolute Gasteiger partial charge is 0.392 e. The summed E-state index contributed by atoms with van der Waals surface area (Å²) in [6, 6.07) is 5.17. The number of benzene rings is 1. The summed E-state index contributed by atoms with van der Waals surface area (Å²) in [7, 11) is 0. The standard InChI is InChI=1S/C11H14ClNO2/c1-7(14)6-13-11(15)9-4-3-5-10(12)8(9)2/h3-5,7,14H,6H2,1-2H3,(H,13,15). The van der Waals surface area contributed by atoms with Crippen molar-refractivity contribution >= 4 is 17.5 Å². The summed E-state index contributed by atoms with van der Waals surface area (Å²) in [5.41, 5.74) is 1.30. The smallest absolute Gasteiger partial charge is 0.251 e. The topological polar surface area (TPSA) is 49.3 Å². The van der Waals surface area contributed by atoms with Gasteiger partial charge in [-0.25, -0.2) is 0 Å². The van der Waals surface area contributed by atoms with E-state index in [1.165, 1.54) is 0 Å².